The van der Waals surface area contributed by atoms with Crippen LogP contribution in [0.5, 0.6) is 0 Å². The number of carbonyl (C=O) groups excluding carboxylic acids is 1. The lowest BCUT2D eigenvalue weighted by molar-refractivity contribution is -0.126. The molecule has 1 unspecified atom stereocenters. The fourth-order valence-corrected chi connectivity index (χ4v) is 2.49. The van der Waals surface area contributed by atoms with E-state index >= 15 is 0 Å². The van der Waals surface area contributed by atoms with Gasteiger partial charge in [0.1, 0.15) is 11.6 Å². The first-order valence-electron chi connectivity index (χ1n) is 6.70. The number of likely N-dealkylation sites (tertiary alicyclic amines) is 1. The Labute approximate surface area is 117 Å². The molecule has 1 heterocycles. The molecule has 2 rings (SSSR count). The minimum absolute atomic E-state index is 0.155. The van der Waals surface area contributed by atoms with E-state index in [1.807, 2.05) is 7.05 Å². The first-order valence-corrected chi connectivity index (χ1v) is 6.70. The number of rotatable bonds is 4. The lowest BCUT2D eigenvalue weighted by atomic mass is 10.1. The van der Waals surface area contributed by atoms with Crippen LogP contribution >= 0.6 is 0 Å². The van der Waals surface area contributed by atoms with Crippen molar-refractivity contribution in [2.75, 3.05) is 20.1 Å². The quantitative estimate of drug-likeness (QED) is 0.857. The maximum absolute atomic E-state index is 13.4. The summed E-state index contributed by atoms with van der Waals surface area (Å²) in [5.41, 5.74) is -0.176. The standard InChI is InChI=1S/C15H18F2N2O/c1-18-10-11-4-3-9-19(11)15(20)8-7-12-13(16)5-2-6-14(12)17/h2,5-8,11,18H,3-4,9-10H2,1H3. The Hall–Kier alpha value is -1.75. The minimum atomic E-state index is -0.665. The van der Waals surface area contributed by atoms with Crippen LogP contribution in [0.15, 0.2) is 24.3 Å². The van der Waals surface area contributed by atoms with Gasteiger partial charge < -0.3 is 10.2 Å². The second kappa shape index (κ2) is 6.61. The topological polar surface area (TPSA) is 32.3 Å². The van der Waals surface area contributed by atoms with Gasteiger partial charge in [-0.1, -0.05) is 6.07 Å². The van der Waals surface area contributed by atoms with E-state index in [9.17, 15) is 13.6 Å². The van der Waals surface area contributed by atoms with Crippen LogP contribution in [0.25, 0.3) is 6.08 Å². The van der Waals surface area contributed by atoms with Gasteiger partial charge in [-0.3, -0.25) is 4.79 Å². The number of nitrogens with one attached hydrogen (secondary N) is 1. The summed E-state index contributed by atoms with van der Waals surface area (Å²) in [5.74, 6) is -1.53. The monoisotopic (exact) mass is 280 g/mol. The highest BCUT2D eigenvalue weighted by Crippen LogP contribution is 2.18. The molecule has 0 saturated carbocycles. The summed E-state index contributed by atoms with van der Waals surface area (Å²) in [4.78, 5) is 13.8. The molecule has 1 saturated heterocycles. The zero-order chi connectivity index (χ0) is 14.5. The third-order valence-corrected chi connectivity index (χ3v) is 3.49. The third kappa shape index (κ3) is 3.22. The van der Waals surface area contributed by atoms with Gasteiger partial charge in [-0.2, -0.15) is 0 Å². The molecular formula is C15H18F2N2O. The van der Waals surface area contributed by atoms with Crippen molar-refractivity contribution in [1.82, 2.24) is 10.2 Å². The molecule has 1 aromatic carbocycles. The van der Waals surface area contributed by atoms with Crippen LogP contribution in [0.2, 0.25) is 0 Å². The minimum Gasteiger partial charge on any atom is -0.335 e. The lowest BCUT2D eigenvalue weighted by Gasteiger charge is -2.23. The van der Waals surface area contributed by atoms with Crippen LogP contribution in [0.1, 0.15) is 18.4 Å². The van der Waals surface area contributed by atoms with E-state index in [0.29, 0.717) is 6.54 Å². The predicted octanol–water partition coefficient (Wildman–Crippen LogP) is 2.19. The van der Waals surface area contributed by atoms with Crippen molar-refractivity contribution >= 4 is 12.0 Å². The van der Waals surface area contributed by atoms with Gasteiger partial charge in [0, 0.05) is 30.8 Å². The molecule has 1 N–H and O–H groups in total. The molecule has 1 atom stereocenters. The Bertz CT molecular complexity index is 496. The summed E-state index contributed by atoms with van der Waals surface area (Å²) in [6, 6.07) is 3.80. The van der Waals surface area contributed by atoms with Gasteiger partial charge in [0.2, 0.25) is 5.91 Å². The Kier molecular flexibility index (Phi) is 4.84. The van der Waals surface area contributed by atoms with Gasteiger partial charge in [0.25, 0.3) is 0 Å². The molecule has 1 aromatic rings. The average Bonchev–Trinajstić information content (AvgIpc) is 2.87. The molecule has 1 aliphatic heterocycles. The Morgan fingerprint density at radius 1 is 1.45 bits per heavy atom. The molecule has 0 aromatic heterocycles. The molecule has 3 nitrogen and oxygen atoms in total. The van der Waals surface area contributed by atoms with Crippen LogP contribution in [-0.2, 0) is 4.79 Å². The van der Waals surface area contributed by atoms with E-state index in [1.54, 1.807) is 4.90 Å². The molecular weight excluding hydrogens is 262 g/mol. The summed E-state index contributed by atoms with van der Waals surface area (Å²) in [5, 5.41) is 3.05. The first kappa shape index (κ1) is 14.7. The molecule has 0 radical (unpaired) electrons. The number of likely N-dealkylation sites (N-methyl/N-ethyl adjacent to an activating group) is 1. The Morgan fingerprint density at radius 2 is 2.15 bits per heavy atom. The zero-order valence-corrected chi connectivity index (χ0v) is 11.4. The van der Waals surface area contributed by atoms with Gasteiger partial charge in [-0.25, -0.2) is 8.78 Å². The van der Waals surface area contributed by atoms with Gasteiger partial charge in [-0.05, 0) is 38.1 Å². The molecule has 5 heteroatoms. The van der Waals surface area contributed by atoms with Crippen molar-refractivity contribution in [3.63, 3.8) is 0 Å². The van der Waals surface area contributed by atoms with E-state index in [0.717, 1.165) is 19.4 Å². The SMILES string of the molecule is CNCC1CCCN1C(=O)C=Cc1c(F)cccc1F. The summed E-state index contributed by atoms with van der Waals surface area (Å²) in [6.45, 7) is 1.42. The molecule has 1 amide bonds. The van der Waals surface area contributed by atoms with Crippen molar-refractivity contribution in [1.29, 1.82) is 0 Å². The molecule has 0 spiro atoms. The number of hydrogen-bond donors (Lipinski definition) is 1. The van der Waals surface area contributed by atoms with E-state index in [-0.39, 0.29) is 17.5 Å². The summed E-state index contributed by atoms with van der Waals surface area (Å²) in [7, 11) is 1.84. The molecule has 20 heavy (non-hydrogen) atoms. The predicted molar refractivity (Wildman–Crippen MR) is 74.1 cm³/mol. The van der Waals surface area contributed by atoms with E-state index in [4.69, 9.17) is 0 Å². The number of hydrogen-bond acceptors (Lipinski definition) is 2. The van der Waals surface area contributed by atoms with Crippen LogP contribution in [0.4, 0.5) is 8.78 Å². The fraction of sp³-hybridized carbons (Fsp3) is 0.400. The van der Waals surface area contributed by atoms with Crippen molar-refractivity contribution in [2.45, 2.75) is 18.9 Å². The third-order valence-electron chi connectivity index (χ3n) is 3.49. The average molecular weight is 280 g/mol. The van der Waals surface area contributed by atoms with Crippen LogP contribution < -0.4 is 5.32 Å². The van der Waals surface area contributed by atoms with Crippen molar-refractivity contribution in [3.05, 3.63) is 41.5 Å². The van der Waals surface area contributed by atoms with E-state index in [1.165, 1.54) is 30.4 Å². The van der Waals surface area contributed by atoms with E-state index < -0.39 is 11.6 Å². The fourth-order valence-electron chi connectivity index (χ4n) is 2.49. The first-order chi connectivity index (χ1) is 9.63. The molecule has 0 bridgehead atoms. The van der Waals surface area contributed by atoms with Crippen molar-refractivity contribution < 1.29 is 13.6 Å². The largest absolute Gasteiger partial charge is 0.335 e. The van der Waals surface area contributed by atoms with Crippen molar-refractivity contribution in [2.24, 2.45) is 0 Å². The Morgan fingerprint density at radius 3 is 2.80 bits per heavy atom. The second-order valence-electron chi connectivity index (χ2n) is 4.85. The molecule has 1 fully saturated rings. The number of halogens is 2. The van der Waals surface area contributed by atoms with Gasteiger partial charge in [0.15, 0.2) is 0 Å². The van der Waals surface area contributed by atoms with Gasteiger partial charge in [0.05, 0.1) is 0 Å². The maximum atomic E-state index is 13.4. The molecule has 0 aliphatic carbocycles. The Balaban J connectivity index is 2.09. The maximum Gasteiger partial charge on any atom is 0.246 e. The zero-order valence-electron chi connectivity index (χ0n) is 11.4. The summed E-state index contributed by atoms with van der Waals surface area (Å²) >= 11 is 0. The summed E-state index contributed by atoms with van der Waals surface area (Å²) in [6.07, 6.45) is 4.37. The number of amides is 1. The number of carbonyl (C=O) groups is 1. The normalized spacial score (nSPS) is 18.9. The second-order valence-corrected chi connectivity index (χ2v) is 4.85. The number of nitrogens with zero attached hydrogens (tertiary/aromatic N) is 1. The van der Waals surface area contributed by atoms with Crippen LogP contribution in [0.3, 0.4) is 0 Å². The van der Waals surface area contributed by atoms with Crippen LogP contribution in [-0.4, -0.2) is 37.0 Å². The van der Waals surface area contributed by atoms with Crippen molar-refractivity contribution in [3.8, 4) is 0 Å². The lowest BCUT2D eigenvalue weighted by Crippen LogP contribution is -2.39. The molecule has 108 valence electrons. The van der Waals surface area contributed by atoms with E-state index in [2.05, 4.69) is 5.32 Å². The highest BCUT2D eigenvalue weighted by molar-refractivity contribution is 5.92. The summed E-state index contributed by atoms with van der Waals surface area (Å²) < 4.78 is 26.9. The van der Waals surface area contributed by atoms with Gasteiger partial charge >= 0.3 is 0 Å². The van der Waals surface area contributed by atoms with Crippen LogP contribution in [0, 0.1) is 11.6 Å². The highest BCUT2D eigenvalue weighted by Gasteiger charge is 2.26. The molecule has 1 aliphatic rings. The smallest absolute Gasteiger partial charge is 0.246 e. The number of benzene rings is 1. The van der Waals surface area contributed by atoms with Gasteiger partial charge in [-0.15, -0.1) is 0 Å². The highest BCUT2D eigenvalue weighted by atomic mass is 19.1.